The Labute approximate surface area is 121 Å². The molecule has 0 bridgehead atoms. The van der Waals surface area contributed by atoms with Crippen molar-refractivity contribution in [1.82, 2.24) is 9.97 Å². The van der Waals surface area contributed by atoms with E-state index in [0.29, 0.717) is 12.1 Å². The number of aryl methyl sites for hydroxylation is 1. The Morgan fingerprint density at radius 2 is 2.19 bits per heavy atom. The van der Waals surface area contributed by atoms with Crippen LogP contribution >= 0.6 is 0 Å². The zero-order valence-corrected chi connectivity index (χ0v) is 11.8. The number of nitrogens with one attached hydrogen (secondary N) is 2. The van der Waals surface area contributed by atoms with E-state index in [0.717, 1.165) is 5.56 Å². The van der Waals surface area contributed by atoms with Gasteiger partial charge in [-0.25, -0.2) is 9.18 Å². The molecule has 0 saturated carbocycles. The minimum absolute atomic E-state index is 0.215. The monoisotopic (exact) mass is 289 g/mol. The van der Waals surface area contributed by atoms with Gasteiger partial charge in [-0.1, -0.05) is 19.1 Å². The molecule has 0 saturated heterocycles. The first kappa shape index (κ1) is 14.9. The molecule has 0 spiro atoms. The lowest BCUT2D eigenvalue weighted by molar-refractivity contribution is -0.119. The van der Waals surface area contributed by atoms with Crippen molar-refractivity contribution >= 4 is 11.7 Å². The molecule has 0 aliphatic heterocycles. The van der Waals surface area contributed by atoms with E-state index in [-0.39, 0.29) is 23.5 Å². The van der Waals surface area contributed by atoms with Gasteiger partial charge in [-0.15, -0.1) is 0 Å². The molecule has 6 heteroatoms. The van der Waals surface area contributed by atoms with Crippen molar-refractivity contribution in [3.63, 3.8) is 0 Å². The van der Waals surface area contributed by atoms with Gasteiger partial charge in [0.1, 0.15) is 11.6 Å². The molecule has 1 aromatic carbocycles. The number of halogens is 1. The van der Waals surface area contributed by atoms with Gasteiger partial charge < -0.3 is 10.3 Å². The van der Waals surface area contributed by atoms with Crippen molar-refractivity contribution in [2.24, 2.45) is 5.92 Å². The van der Waals surface area contributed by atoms with Crippen molar-refractivity contribution in [1.29, 1.82) is 0 Å². The molecule has 2 rings (SSSR count). The average molecular weight is 289 g/mol. The van der Waals surface area contributed by atoms with Crippen molar-refractivity contribution in [2.45, 2.75) is 20.3 Å². The Morgan fingerprint density at radius 1 is 1.43 bits per heavy atom. The second-order valence-electron chi connectivity index (χ2n) is 4.98. The summed E-state index contributed by atoms with van der Waals surface area (Å²) >= 11 is 0. The van der Waals surface area contributed by atoms with Crippen LogP contribution in [-0.2, 0) is 11.2 Å². The molecule has 1 aromatic heterocycles. The van der Waals surface area contributed by atoms with Crippen LogP contribution < -0.4 is 11.0 Å². The van der Waals surface area contributed by atoms with Gasteiger partial charge in [-0.3, -0.25) is 4.79 Å². The molecule has 0 aliphatic rings. The molecule has 0 unspecified atom stereocenters. The van der Waals surface area contributed by atoms with Crippen molar-refractivity contribution < 1.29 is 9.18 Å². The van der Waals surface area contributed by atoms with Gasteiger partial charge in [-0.2, -0.15) is 4.98 Å². The SMILES string of the molecule is Cc1cc(NC(=O)[C@H](C)Cc2cccc(F)c2)nc(=O)[nH]1. The summed E-state index contributed by atoms with van der Waals surface area (Å²) in [5.41, 5.74) is 0.846. The third kappa shape index (κ3) is 4.24. The fraction of sp³-hybridized carbons (Fsp3) is 0.267. The van der Waals surface area contributed by atoms with Crippen LogP contribution in [0.5, 0.6) is 0 Å². The van der Waals surface area contributed by atoms with Crippen molar-refractivity contribution in [3.8, 4) is 0 Å². The standard InChI is InChI=1S/C15H16FN3O2/c1-9(6-11-4-3-5-12(16)8-11)14(20)18-13-7-10(2)17-15(21)19-13/h3-5,7-9H,6H2,1-2H3,(H2,17,18,19,20,21)/t9-/m1/s1. The van der Waals surface area contributed by atoms with E-state index in [1.165, 1.54) is 12.1 Å². The van der Waals surface area contributed by atoms with Gasteiger partial charge in [-0.05, 0) is 31.0 Å². The van der Waals surface area contributed by atoms with Crippen LogP contribution in [-0.4, -0.2) is 15.9 Å². The maximum absolute atomic E-state index is 13.1. The van der Waals surface area contributed by atoms with E-state index in [1.54, 1.807) is 32.0 Å². The second-order valence-corrected chi connectivity index (χ2v) is 4.98. The van der Waals surface area contributed by atoms with Gasteiger partial charge in [0.25, 0.3) is 0 Å². The van der Waals surface area contributed by atoms with E-state index in [4.69, 9.17) is 0 Å². The highest BCUT2D eigenvalue weighted by atomic mass is 19.1. The minimum atomic E-state index is -0.511. The lowest BCUT2D eigenvalue weighted by Crippen LogP contribution is -2.24. The van der Waals surface area contributed by atoms with Crippen LogP contribution in [0, 0.1) is 18.7 Å². The molecule has 5 nitrogen and oxygen atoms in total. The molecule has 0 radical (unpaired) electrons. The fourth-order valence-electron chi connectivity index (χ4n) is 2.00. The quantitative estimate of drug-likeness (QED) is 0.904. The van der Waals surface area contributed by atoms with Gasteiger partial charge in [0, 0.05) is 17.7 Å². The molecular weight excluding hydrogens is 273 g/mol. The summed E-state index contributed by atoms with van der Waals surface area (Å²) in [4.78, 5) is 29.5. The molecule has 0 fully saturated rings. The number of hydrogen-bond donors (Lipinski definition) is 2. The van der Waals surface area contributed by atoms with Crippen LogP contribution in [0.2, 0.25) is 0 Å². The van der Waals surface area contributed by atoms with Crippen molar-refractivity contribution in [2.75, 3.05) is 5.32 Å². The van der Waals surface area contributed by atoms with Crippen LogP contribution in [0.15, 0.2) is 35.1 Å². The number of aromatic amines is 1. The number of anilines is 1. The molecule has 1 heterocycles. The van der Waals surface area contributed by atoms with E-state index < -0.39 is 5.69 Å². The fourth-order valence-corrected chi connectivity index (χ4v) is 2.00. The largest absolute Gasteiger partial charge is 0.347 e. The summed E-state index contributed by atoms with van der Waals surface area (Å²) in [6, 6.07) is 7.71. The highest BCUT2D eigenvalue weighted by Crippen LogP contribution is 2.12. The Kier molecular flexibility index (Phi) is 4.47. The highest BCUT2D eigenvalue weighted by Gasteiger charge is 2.15. The van der Waals surface area contributed by atoms with Crippen LogP contribution in [0.4, 0.5) is 10.2 Å². The van der Waals surface area contributed by atoms with E-state index in [1.807, 2.05) is 0 Å². The Balaban J connectivity index is 2.04. The minimum Gasteiger partial charge on any atom is -0.310 e. The summed E-state index contributed by atoms with van der Waals surface area (Å²) in [7, 11) is 0. The predicted octanol–water partition coefficient (Wildman–Crippen LogP) is 2.03. The zero-order chi connectivity index (χ0) is 15.4. The van der Waals surface area contributed by atoms with Crippen LogP contribution in [0.25, 0.3) is 0 Å². The molecule has 1 amide bonds. The summed E-state index contributed by atoms with van der Waals surface area (Å²) in [5.74, 6) is -0.746. The van der Waals surface area contributed by atoms with E-state index >= 15 is 0 Å². The van der Waals surface area contributed by atoms with Crippen molar-refractivity contribution in [3.05, 3.63) is 57.9 Å². The Hall–Kier alpha value is -2.50. The number of carbonyl (C=O) groups is 1. The number of amides is 1. The number of H-pyrrole nitrogens is 1. The van der Waals surface area contributed by atoms with Gasteiger partial charge in [0.15, 0.2) is 0 Å². The lowest BCUT2D eigenvalue weighted by Gasteiger charge is -2.12. The summed E-state index contributed by atoms with van der Waals surface area (Å²) < 4.78 is 13.1. The molecular formula is C15H16FN3O2. The molecule has 2 aromatic rings. The summed E-state index contributed by atoms with van der Waals surface area (Å²) in [6.07, 6.45) is 0.408. The first-order chi connectivity index (χ1) is 9.94. The Morgan fingerprint density at radius 3 is 2.86 bits per heavy atom. The van der Waals surface area contributed by atoms with Gasteiger partial charge in [0.05, 0.1) is 0 Å². The van der Waals surface area contributed by atoms with Gasteiger partial charge in [0.2, 0.25) is 5.91 Å². The third-order valence-corrected chi connectivity index (χ3v) is 3.01. The molecule has 0 aliphatic carbocycles. The maximum atomic E-state index is 13.1. The highest BCUT2D eigenvalue weighted by molar-refractivity contribution is 5.91. The number of hydrogen-bond acceptors (Lipinski definition) is 3. The topological polar surface area (TPSA) is 74.8 Å². The molecule has 1 atom stereocenters. The molecule has 2 N–H and O–H groups in total. The maximum Gasteiger partial charge on any atom is 0.347 e. The normalized spacial score (nSPS) is 12.0. The predicted molar refractivity (Wildman–Crippen MR) is 77.5 cm³/mol. The zero-order valence-electron chi connectivity index (χ0n) is 11.8. The number of aromatic nitrogens is 2. The first-order valence-electron chi connectivity index (χ1n) is 6.57. The lowest BCUT2D eigenvalue weighted by atomic mass is 10.0. The molecule has 110 valence electrons. The van der Waals surface area contributed by atoms with E-state index in [2.05, 4.69) is 15.3 Å². The number of carbonyl (C=O) groups excluding carboxylic acids is 1. The van der Waals surface area contributed by atoms with E-state index in [9.17, 15) is 14.0 Å². The second kappa shape index (κ2) is 6.30. The smallest absolute Gasteiger partial charge is 0.310 e. The van der Waals surface area contributed by atoms with Crippen LogP contribution in [0.3, 0.4) is 0 Å². The average Bonchev–Trinajstić information content (AvgIpc) is 2.37. The Bertz CT molecular complexity index is 712. The number of rotatable bonds is 4. The first-order valence-corrected chi connectivity index (χ1v) is 6.57. The molecule has 21 heavy (non-hydrogen) atoms. The van der Waals surface area contributed by atoms with Crippen LogP contribution in [0.1, 0.15) is 18.2 Å². The number of benzene rings is 1. The number of nitrogens with zero attached hydrogens (tertiary/aromatic N) is 1. The summed E-state index contributed by atoms with van der Waals surface area (Å²) in [5, 5.41) is 2.59. The third-order valence-electron chi connectivity index (χ3n) is 3.01. The van der Waals surface area contributed by atoms with Gasteiger partial charge >= 0.3 is 5.69 Å². The summed E-state index contributed by atoms with van der Waals surface area (Å²) in [6.45, 7) is 3.44.